The Hall–Kier alpha value is -2.53. The maximum Gasteiger partial charge on any atom is 0.338 e. The molecule has 2 amide bonds. The van der Waals surface area contributed by atoms with Crippen molar-refractivity contribution in [3.05, 3.63) is 59.1 Å². The fraction of sp³-hybridized carbons (Fsp3) is 0.176. The number of hydrogen-bond acceptors (Lipinski definition) is 3. The number of carbonyl (C=O) groups is 2. The lowest BCUT2D eigenvalue weighted by atomic mass is 10.2. The van der Waals surface area contributed by atoms with Gasteiger partial charge in [-0.05, 0) is 42.8 Å². The molecule has 0 aliphatic carbocycles. The molecule has 2 rings (SSSR count). The van der Waals surface area contributed by atoms with Crippen LogP contribution in [0.2, 0.25) is 5.02 Å². The van der Waals surface area contributed by atoms with E-state index in [0.29, 0.717) is 28.6 Å². The Kier molecular flexibility index (Phi) is 6.00. The molecule has 0 heterocycles. The van der Waals surface area contributed by atoms with Gasteiger partial charge in [0.15, 0.2) is 0 Å². The molecule has 2 aromatic rings. The van der Waals surface area contributed by atoms with Crippen molar-refractivity contribution in [2.24, 2.45) is 0 Å². The van der Waals surface area contributed by atoms with Gasteiger partial charge in [-0.15, -0.1) is 0 Å². The van der Waals surface area contributed by atoms with Crippen molar-refractivity contribution in [1.82, 2.24) is 0 Å². The lowest BCUT2D eigenvalue weighted by Crippen LogP contribution is -2.19. The van der Waals surface area contributed by atoms with Crippen molar-refractivity contribution >= 4 is 35.0 Å². The van der Waals surface area contributed by atoms with Crippen LogP contribution < -0.4 is 10.6 Å². The van der Waals surface area contributed by atoms with Gasteiger partial charge >= 0.3 is 12.0 Å². The first-order valence-electron chi connectivity index (χ1n) is 7.19. The number of esters is 1. The van der Waals surface area contributed by atoms with Crippen molar-refractivity contribution in [2.75, 3.05) is 17.2 Å². The first kappa shape index (κ1) is 16.8. The predicted octanol–water partition coefficient (Wildman–Crippen LogP) is 4.55. The van der Waals surface area contributed by atoms with Gasteiger partial charge in [0.1, 0.15) is 0 Å². The van der Waals surface area contributed by atoms with Crippen LogP contribution in [0.5, 0.6) is 0 Å². The van der Waals surface area contributed by atoms with E-state index in [1.54, 1.807) is 48.5 Å². The Labute approximate surface area is 139 Å². The molecule has 2 N–H and O–H groups in total. The molecule has 2 aromatic carbocycles. The summed E-state index contributed by atoms with van der Waals surface area (Å²) in [4.78, 5) is 23.8. The van der Waals surface area contributed by atoms with E-state index in [-0.39, 0.29) is 0 Å². The molecule has 23 heavy (non-hydrogen) atoms. The third-order valence-electron chi connectivity index (χ3n) is 2.88. The minimum atomic E-state index is -0.425. The number of benzene rings is 2. The fourth-order valence-corrected chi connectivity index (χ4v) is 2.05. The SMILES string of the molecule is CCCOC(=O)c1cccc(NC(=O)Nc2cccc(Cl)c2)c1. The van der Waals surface area contributed by atoms with Gasteiger partial charge in [-0.25, -0.2) is 9.59 Å². The highest BCUT2D eigenvalue weighted by molar-refractivity contribution is 6.30. The zero-order chi connectivity index (χ0) is 16.7. The van der Waals surface area contributed by atoms with E-state index in [9.17, 15) is 9.59 Å². The molecular weight excluding hydrogens is 316 g/mol. The Balaban J connectivity index is 1.99. The van der Waals surface area contributed by atoms with Gasteiger partial charge in [-0.1, -0.05) is 30.7 Å². The maximum absolute atomic E-state index is 12.0. The first-order valence-corrected chi connectivity index (χ1v) is 7.57. The second-order valence-corrected chi connectivity index (χ2v) is 5.24. The van der Waals surface area contributed by atoms with Crippen LogP contribution in [0.4, 0.5) is 16.2 Å². The van der Waals surface area contributed by atoms with Crippen LogP contribution in [0.15, 0.2) is 48.5 Å². The lowest BCUT2D eigenvalue weighted by molar-refractivity contribution is 0.0505. The van der Waals surface area contributed by atoms with Crippen molar-refractivity contribution in [2.45, 2.75) is 13.3 Å². The molecule has 0 saturated carbocycles. The molecule has 0 radical (unpaired) electrons. The normalized spacial score (nSPS) is 10.0. The molecule has 0 saturated heterocycles. The van der Waals surface area contributed by atoms with E-state index in [1.807, 2.05) is 6.92 Å². The molecular formula is C17H17ClN2O3. The maximum atomic E-state index is 12.0. The average Bonchev–Trinajstić information content (AvgIpc) is 2.52. The molecule has 0 fully saturated rings. The third kappa shape index (κ3) is 5.30. The smallest absolute Gasteiger partial charge is 0.338 e. The predicted molar refractivity (Wildman–Crippen MR) is 91.1 cm³/mol. The largest absolute Gasteiger partial charge is 0.462 e. The van der Waals surface area contributed by atoms with E-state index in [4.69, 9.17) is 16.3 Å². The lowest BCUT2D eigenvalue weighted by Gasteiger charge is -2.09. The van der Waals surface area contributed by atoms with E-state index in [2.05, 4.69) is 10.6 Å². The van der Waals surface area contributed by atoms with E-state index in [0.717, 1.165) is 6.42 Å². The van der Waals surface area contributed by atoms with Crippen LogP contribution in [0, 0.1) is 0 Å². The van der Waals surface area contributed by atoms with Gasteiger partial charge < -0.3 is 15.4 Å². The summed E-state index contributed by atoms with van der Waals surface area (Å²) in [7, 11) is 0. The van der Waals surface area contributed by atoms with Gasteiger partial charge in [0.05, 0.1) is 12.2 Å². The summed E-state index contributed by atoms with van der Waals surface area (Å²) in [6, 6.07) is 13.0. The van der Waals surface area contributed by atoms with E-state index in [1.165, 1.54) is 0 Å². The Morgan fingerprint density at radius 1 is 1.04 bits per heavy atom. The summed E-state index contributed by atoms with van der Waals surface area (Å²) < 4.78 is 5.06. The second kappa shape index (κ2) is 8.19. The first-order chi connectivity index (χ1) is 11.1. The highest BCUT2D eigenvalue weighted by atomic mass is 35.5. The average molecular weight is 333 g/mol. The van der Waals surface area contributed by atoms with Crippen LogP contribution in [0.25, 0.3) is 0 Å². The molecule has 0 unspecified atom stereocenters. The van der Waals surface area contributed by atoms with Crippen LogP contribution in [-0.2, 0) is 4.74 Å². The standard InChI is InChI=1S/C17H17ClN2O3/c1-2-9-23-16(21)12-5-3-7-14(10-12)19-17(22)20-15-8-4-6-13(18)11-15/h3-8,10-11H,2,9H2,1H3,(H2,19,20,22). The molecule has 0 aliphatic heterocycles. The van der Waals surface area contributed by atoms with Crippen molar-refractivity contribution < 1.29 is 14.3 Å². The number of carbonyl (C=O) groups excluding carboxylic acids is 2. The molecule has 5 nitrogen and oxygen atoms in total. The topological polar surface area (TPSA) is 67.4 Å². The Morgan fingerprint density at radius 2 is 1.70 bits per heavy atom. The third-order valence-corrected chi connectivity index (χ3v) is 3.11. The molecule has 0 aromatic heterocycles. The summed E-state index contributed by atoms with van der Waals surface area (Å²) in [5, 5.41) is 5.85. The number of ether oxygens (including phenoxy) is 1. The summed E-state index contributed by atoms with van der Waals surface area (Å²) in [6.45, 7) is 2.29. The molecule has 0 bridgehead atoms. The number of nitrogens with one attached hydrogen (secondary N) is 2. The van der Waals surface area contributed by atoms with Gasteiger partial charge in [0, 0.05) is 16.4 Å². The highest BCUT2D eigenvalue weighted by Crippen LogP contribution is 2.16. The molecule has 0 spiro atoms. The van der Waals surface area contributed by atoms with E-state index >= 15 is 0 Å². The van der Waals surface area contributed by atoms with Crippen LogP contribution in [-0.4, -0.2) is 18.6 Å². The number of amides is 2. The van der Waals surface area contributed by atoms with Crippen LogP contribution in [0.1, 0.15) is 23.7 Å². The van der Waals surface area contributed by atoms with Crippen molar-refractivity contribution in [3.63, 3.8) is 0 Å². The Bertz CT molecular complexity index is 704. The number of rotatable bonds is 5. The highest BCUT2D eigenvalue weighted by Gasteiger charge is 2.09. The minimum Gasteiger partial charge on any atom is -0.462 e. The number of anilines is 2. The molecule has 6 heteroatoms. The minimum absolute atomic E-state index is 0.367. The number of hydrogen-bond donors (Lipinski definition) is 2. The number of urea groups is 1. The zero-order valence-corrected chi connectivity index (χ0v) is 13.4. The summed E-state index contributed by atoms with van der Waals surface area (Å²) in [5.74, 6) is -0.411. The Morgan fingerprint density at radius 3 is 2.35 bits per heavy atom. The van der Waals surface area contributed by atoms with Gasteiger partial charge in [-0.3, -0.25) is 0 Å². The fourth-order valence-electron chi connectivity index (χ4n) is 1.86. The van der Waals surface area contributed by atoms with E-state index < -0.39 is 12.0 Å². The molecule has 120 valence electrons. The summed E-state index contributed by atoms with van der Waals surface area (Å²) in [5.41, 5.74) is 1.46. The van der Waals surface area contributed by atoms with Crippen molar-refractivity contribution in [3.8, 4) is 0 Å². The van der Waals surface area contributed by atoms with Gasteiger partial charge in [0.25, 0.3) is 0 Å². The van der Waals surface area contributed by atoms with Crippen LogP contribution >= 0.6 is 11.6 Å². The monoisotopic (exact) mass is 332 g/mol. The summed E-state index contributed by atoms with van der Waals surface area (Å²) >= 11 is 5.86. The van der Waals surface area contributed by atoms with Crippen molar-refractivity contribution in [1.29, 1.82) is 0 Å². The van der Waals surface area contributed by atoms with Gasteiger partial charge in [-0.2, -0.15) is 0 Å². The number of halogens is 1. The van der Waals surface area contributed by atoms with Crippen LogP contribution in [0.3, 0.4) is 0 Å². The second-order valence-electron chi connectivity index (χ2n) is 4.81. The summed E-state index contributed by atoms with van der Waals surface area (Å²) in [6.07, 6.45) is 0.756. The zero-order valence-electron chi connectivity index (χ0n) is 12.6. The quantitative estimate of drug-likeness (QED) is 0.789. The van der Waals surface area contributed by atoms with Gasteiger partial charge in [0.2, 0.25) is 0 Å². The molecule has 0 aliphatic rings. The molecule has 0 atom stereocenters.